The molecule has 1 saturated heterocycles. The number of hydrogen-bond acceptors (Lipinski definition) is 5. The van der Waals surface area contributed by atoms with Gasteiger partial charge in [0.25, 0.3) is 0 Å². The molecule has 3 rings (SSSR count). The molecule has 0 aliphatic carbocycles. The predicted molar refractivity (Wildman–Crippen MR) is 130 cm³/mol. The summed E-state index contributed by atoms with van der Waals surface area (Å²) >= 11 is 0. The number of rotatable bonds is 14. The zero-order chi connectivity index (χ0) is 23.3. The smallest absolute Gasteiger partial charge is 0.186 e. The molecule has 0 bridgehead atoms. The normalized spacial score (nSPS) is 25.2. The van der Waals surface area contributed by atoms with Crippen LogP contribution >= 0.6 is 0 Å². The predicted octanol–water partition coefficient (Wildman–Crippen LogP) is 5.64. The Morgan fingerprint density at radius 3 is 1.88 bits per heavy atom. The summed E-state index contributed by atoms with van der Waals surface area (Å²) in [6, 6.07) is 20.0. The lowest BCUT2D eigenvalue weighted by Gasteiger charge is -2.43. The fraction of sp³-hybridized carbons (Fsp3) is 0.571. The fourth-order valence-electron chi connectivity index (χ4n) is 4.10. The molecule has 5 atom stereocenters. The number of unbranched alkanes of at least 4 members (excludes halogenated alkanes) is 5. The average Bonchev–Trinajstić information content (AvgIpc) is 2.85. The minimum atomic E-state index is -0.802. The highest BCUT2D eigenvalue weighted by Crippen LogP contribution is 2.28. The molecule has 0 amide bonds. The van der Waals surface area contributed by atoms with Crippen molar-refractivity contribution in [1.29, 1.82) is 0 Å². The van der Waals surface area contributed by atoms with Crippen molar-refractivity contribution in [3.05, 3.63) is 71.8 Å². The Balaban J connectivity index is 1.62. The molecular weight excluding hydrogens is 416 g/mol. The summed E-state index contributed by atoms with van der Waals surface area (Å²) < 4.78 is 24.7. The maximum absolute atomic E-state index is 10.9. The van der Waals surface area contributed by atoms with E-state index >= 15 is 0 Å². The summed E-state index contributed by atoms with van der Waals surface area (Å²) in [4.78, 5) is 0. The van der Waals surface area contributed by atoms with Crippen molar-refractivity contribution in [2.75, 3.05) is 6.61 Å². The second-order valence-corrected chi connectivity index (χ2v) is 8.86. The van der Waals surface area contributed by atoms with Gasteiger partial charge < -0.3 is 24.1 Å². The van der Waals surface area contributed by atoms with Crippen LogP contribution < -0.4 is 0 Å². The molecule has 5 unspecified atom stereocenters. The molecule has 1 aliphatic rings. The summed E-state index contributed by atoms with van der Waals surface area (Å²) in [6.07, 6.45) is 4.31. The second-order valence-electron chi connectivity index (χ2n) is 8.86. The molecule has 0 radical (unpaired) electrons. The van der Waals surface area contributed by atoms with Gasteiger partial charge in [-0.25, -0.2) is 0 Å². The van der Waals surface area contributed by atoms with E-state index < -0.39 is 30.7 Å². The lowest BCUT2D eigenvalue weighted by atomic mass is 9.99. The van der Waals surface area contributed by atoms with Gasteiger partial charge in [-0.2, -0.15) is 0 Å². The van der Waals surface area contributed by atoms with Crippen LogP contribution in [0.1, 0.15) is 63.5 Å². The molecule has 5 nitrogen and oxygen atoms in total. The third-order valence-electron chi connectivity index (χ3n) is 6.11. The first-order valence-electron chi connectivity index (χ1n) is 12.4. The van der Waals surface area contributed by atoms with E-state index in [4.69, 9.17) is 18.9 Å². The van der Waals surface area contributed by atoms with E-state index in [1.54, 1.807) is 0 Å². The van der Waals surface area contributed by atoms with Crippen molar-refractivity contribution >= 4 is 0 Å². The maximum atomic E-state index is 10.9. The van der Waals surface area contributed by atoms with Crippen LogP contribution in [0, 0.1) is 0 Å². The largest absolute Gasteiger partial charge is 0.388 e. The molecule has 1 N–H and O–H groups in total. The Bertz CT molecular complexity index is 753. The van der Waals surface area contributed by atoms with Crippen LogP contribution in [-0.2, 0) is 32.2 Å². The lowest BCUT2D eigenvalue weighted by molar-refractivity contribution is -0.313. The Morgan fingerprint density at radius 1 is 0.727 bits per heavy atom. The van der Waals surface area contributed by atoms with E-state index in [1.165, 1.54) is 25.7 Å². The van der Waals surface area contributed by atoms with E-state index in [0.29, 0.717) is 19.8 Å². The van der Waals surface area contributed by atoms with E-state index in [1.807, 2.05) is 67.6 Å². The summed E-state index contributed by atoms with van der Waals surface area (Å²) in [7, 11) is 0. The van der Waals surface area contributed by atoms with Gasteiger partial charge in [0.2, 0.25) is 0 Å². The van der Waals surface area contributed by atoms with Crippen molar-refractivity contribution in [2.45, 2.75) is 96.3 Å². The Morgan fingerprint density at radius 2 is 1.27 bits per heavy atom. The topological polar surface area (TPSA) is 57.2 Å². The highest BCUT2D eigenvalue weighted by atomic mass is 16.7. The quantitative estimate of drug-likeness (QED) is 0.373. The first kappa shape index (κ1) is 25.9. The van der Waals surface area contributed by atoms with Crippen molar-refractivity contribution in [1.82, 2.24) is 0 Å². The van der Waals surface area contributed by atoms with Gasteiger partial charge in [0.05, 0.1) is 19.3 Å². The van der Waals surface area contributed by atoms with Gasteiger partial charge >= 0.3 is 0 Å². The maximum Gasteiger partial charge on any atom is 0.186 e. The SMILES string of the molecule is CCCCCCCCOC1OC(C)C(O)C(OCc2ccccc2)C1OCc1ccccc1. The standard InChI is InChI=1S/C28H40O5/c1-3-4-5-6-7-14-19-30-28-27(32-21-24-17-12-9-13-18-24)26(25(29)22(2)33-28)31-20-23-15-10-8-11-16-23/h8-13,15-18,22,25-29H,3-7,14,19-21H2,1-2H3. The van der Waals surface area contributed by atoms with Crippen LogP contribution in [0.2, 0.25) is 0 Å². The zero-order valence-electron chi connectivity index (χ0n) is 20.1. The third-order valence-corrected chi connectivity index (χ3v) is 6.11. The first-order valence-corrected chi connectivity index (χ1v) is 12.4. The van der Waals surface area contributed by atoms with Crippen LogP contribution in [0.3, 0.4) is 0 Å². The second kappa shape index (κ2) is 14.5. The van der Waals surface area contributed by atoms with Crippen molar-refractivity contribution in [3.8, 4) is 0 Å². The molecule has 1 aliphatic heterocycles. The Kier molecular flexibility index (Phi) is 11.4. The molecule has 0 saturated carbocycles. The van der Waals surface area contributed by atoms with Crippen LogP contribution in [-0.4, -0.2) is 42.4 Å². The van der Waals surface area contributed by atoms with Crippen LogP contribution in [0.25, 0.3) is 0 Å². The third kappa shape index (κ3) is 8.51. The fourth-order valence-corrected chi connectivity index (χ4v) is 4.10. The molecule has 2 aromatic carbocycles. The number of ether oxygens (including phenoxy) is 4. The molecule has 1 fully saturated rings. The minimum Gasteiger partial charge on any atom is -0.388 e. The van der Waals surface area contributed by atoms with Crippen LogP contribution in [0.15, 0.2) is 60.7 Å². The van der Waals surface area contributed by atoms with E-state index in [2.05, 4.69) is 6.92 Å². The molecule has 5 heteroatoms. The highest BCUT2D eigenvalue weighted by molar-refractivity contribution is 5.14. The number of aliphatic hydroxyl groups excluding tert-OH is 1. The number of hydrogen-bond donors (Lipinski definition) is 1. The summed E-state index contributed by atoms with van der Waals surface area (Å²) in [5, 5.41) is 10.9. The van der Waals surface area contributed by atoms with E-state index in [-0.39, 0.29) is 0 Å². The van der Waals surface area contributed by atoms with Crippen molar-refractivity contribution in [2.24, 2.45) is 0 Å². The van der Waals surface area contributed by atoms with Crippen LogP contribution in [0.5, 0.6) is 0 Å². The van der Waals surface area contributed by atoms with Gasteiger partial charge in [0, 0.05) is 6.61 Å². The van der Waals surface area contributed by atoms with Gasteiger partial charge in [-0.3, -0.25) is 0 Å². The molecule has 33 heavy (non-hydrogen) atoms. The molecule has 0 aromatic heterocycles. The Hall–Kier alpha value is -1.76. The summed E-state index contributed by atoms with van der Waals surface area (Å²) in [5.74, 6) is 0. The number of aliphatic hydroxyl groups is 1. The van der Waals surface area contributed by atoms with Gasteiger partial charge in [-0.15, -0.1) is 0 Å². The molecule has 2 aromatic rings. The molecular formula is C28H40O5. The average molecular weight is 457 g/mol. The monoisotopic (exact) mass is 456 g/mol. The van der Waals surface area contributed by atoms with Crippen molar-refractivity contribution < 1.29 is 24.1 Å². The highest BCUT2D eigenvalue weighted by Gasteiger charge is 2.45. The molecule has 182 valence electrons. The van der Waals surface area contributed by atoms with Gasteiger partial charge in [-0.1, -0.05) is 99.7 Å². The zero-order valence-corrected chi connectivity index (χ0v) is 20.1. The first-order chi connectivity index (χ1) is 16.2. The number of benzene rings is 2. The van der Waals surface area contributed by atoms with E-state index in [0.717, 1.165) is 24.0 Å². The summed E-state index contributed by atoms with van der Waals surface area (Å²) in [5.41, 5.74) is 2.11. The van der Waals surface area contributed by atoms with Crippen molar-refractivity contribution in [3.63, 3.8) is 0 Å². The minimum absolute atomic E-state index is 0.393. The van der Waals surface area contributed by atoms with Crippen LogP contribution in [0.4, 0.5) is 0 Å². The Labute approximate surface area is 199 Å². The van der Waals surface area contributed by atoms with Gasteiger partial charge in [0.1, 0.15) is 18.3 Å². The molecule has 0 spiro atoms. The lowest BCUT2D eigenvalue weighted by Crippen LogP contribution is -2.59. The molecule has 1 heterocycles. The summed E-state index contributed by atoms with van der Waals surface area (Å²) in [6.45, 7) is 5.49. The van der Waals surface area contributed by atoms with E-state index in [9.17, 15) is 5.11 Å². The van der Waals surface area contributed by atoms with Gasteiger partial charge in [-0.05, 0) is 24.5 Å². The van der Waals surface area contributed by atoms with Gasteiger partial charge in [0.15, 0.2) is 6.29 Å².